The molecule has 0 aliphatic heterocycles. The van der Waals surface area contributed by atoms with Crippen LogP contribution in [0.3, 0.4) is 0 Å². The van der Waals surface area contributed by atoms with Gasteiger partial charge in [-0.05, 0) is 31.2 Å². The Morgan fingerprint density at radius 1 is 1.33 bits per heavy atom. The first kappa shape index (κ1) is 11.8. The molecule has 2 aliphatic rings. The van der Waals surface area contributed by atoms with E-state index in [1.807, 2.05) is 13.0 Å². The summed E-state index contributed by atoms with van der Waals surface area (Å²) in [4.78, 5) is 12.1. The van der Waals surface area contributed by atoms with Crippen molar-refractivity contribution in [3.8, 4) is 0 Å². The Kier molecular flexibility index (Phi) is 2.89. The fourth-order valence-corrected chi connectivity index (χ4v) is 3.96. The van der Waals surface area contributed by atoms with Gasteiger partial charge in [-0.3, -0.25) is 4.79 Å². The highest BCUT2D eigenvalue weighted by Gasteiger charge is 2.69. The molecule has 18 heavy (non-hydrogen) atoms. The number of fused-ring (bicyclic) bond motifs is 1. The number of ether oxygens (including phenoxy) is 1. The SMILES string of the molecule is CCOC(=O)C1C2CCCCC21c1ccccc1. The zero-order valence-corrected chi connectivity index (χ0v) is 10.9. The van der Waals surface area contributed by atoms with E-state index < -0.39 is 0 Å². The van der Waals surface area contributed by atoms with Gasteiger partial charge in [-0.15, -0.1) is 0 Å². The van der Waals surface area contributed by atoms with E-state index in [-0.39, 0.29) is 17.3 Å². The van der Waals surface area contributed by atoms with E-state index in [1.165, 1.54) is 24.8 Å². The summed E-state index contributed by atoms with van der Waals surface area (Å²) in [6, 6.07) is 10.6. The molecule has 3 atom stereocenters. The molecule has 2 heteroatoms. The third-order valence-electron chi connectivity index (χ3n) is 4.72. The zero-order chi connectivity index (χ0) is 12.6. The van der Waals surface area contributed by atoms with Gasteiger partial charge in [0.05, 0.1) is 12.5 Å². The molecule has 0 N–H and O–H groups in total. The Bertz CT molecular complexity index is 440. The molecular formula is C16H20O2. The van der Waals surface area contributed by atoms with Crippen LogP contribution in [-0.2, 0) is 14.9 Å². The molecule has 96 valence electrons. The van der Waals surface area contributed by atoms with Crippen molar-refractivity contribution in [2.75, 3.05) is 6.61 Å². The Morgan fingerprint density at radius 2 is 2.11 bits per heavy atom. The van der Waals surface area contributed by atoms with Crippen LogP contribution >= 0.6 is 0 Å². The molecule has 2 nitrogen and oxygen atoms in total. The Morgan fingerprint density at radius 3 is 2.83 bits per heavy atom. The Hall–Kier alpha value is -1.31. The number of carbonyl (C=O) groups excluding carboxylic acids is 1. The zero-order valence-electron chi connectivity index (χ0n) is 10.9. The van der Waals surface area contributed by atoms with E-state index in [1.54, 1.807) is 0 Å². The average Bonchev–Trinajstić information content (AvgIpc) is 3.10. The van der Waals surface area contributed by atoms with Gasteiger partial charge in [0, 0.05) is 5.41 Å². The van der Waals surface area contributed by atoms with Crippen LogP contribution in [0.15, 0.2) is 30.3 Å². The van der Waals surface area contributed by atoms with Crippen LogP contribution in [0, 0.1) is 11.8 Å². The van der Waals surface area contributed by atoms with Gasteiger partial charge < -0.3 is 4.74 Å². The second-order valence-electron chi connectivity index (χ2n) is 5.49. The number of hydrogen-bond acceptors (Lipinski definition) is 2. The summed E-state index contributed by atoms with van der Waals surface area (Å²) in [5, 5.41) is 0. The van der Waals surface area contributed by atoms with Crippen LogP contribution in [0.5, 0.6) is 0 Å². The molecule has 0 spiro atoms. The topological polar surface area (TPSA) is 26.3 Å². The maximum absolute atomic E-state index is 12.1. The summed E-state index contributed by atoms with van der Waals surface area (Å²) < 4.78 is 5.27. The van der Waals surface area contributed by atoms with Crippen molar-refractivity contribution < 1.29 is 9.53 Å². The third kappa shape index (κ3) is 1.58. The van der Waals surface area contributed by atoms with Crippen molar-refractivity contribution in [3.05, 3.63) is 35.9 Å². The summed E-state index contributed by atoms with van der Waals surface area (Å²) in [5.41, 5.74) is 1.44. The second-order valence-corrected chi connectivity index (χ2v) is 5.49. The quantitative estimate of drug-likeness (QED) is 0.762. The van der Waals surface area contributed by atoms with Crippen LogP contribution in [-0.4, -0.2) is 12.6 Å². The van der Waals surface area contributed by atoms with E-state index in [4.69, 9.17) is 4.74 Å². The maximum atomic E-state index is 12.1. The predicted octanol–water partition coefficient (Wildman–Crippen LogP) is 3.31. The van der Waals surface area contributed by atoms with E-state index in [2.05, 4.69) is 24.3 Å². The van der Waals surface area contributed by atoms with Crippen molar-refractivity contribution in [2.24, 2.45) is 11.8 Å². The molecule has 2 saturated carbocycles. The third-order valence-corrected chi connectivity index (χ3v) is 4.72. The second kappa shape index (κ2) is 4.42. The number of hydrogen-bond donors (Lipinski definition) is 0. The molecular weight excluding hydrogens is 224 g/mol. The van der Waals surface area contributed by atoms with E-state index in [9.17, 15) is 4.79 Å². The standard InChI is InChI=1S/C16H20O2/c1-2-18-15(17)14-13-10-6-7-11-16(13,14)12-8-4-3-5-9-12/h3-5,8-9,13-14H,2,6-7,10-11H2,1H3. The molecule has 1 aromatic rings. The van der Waals surface area contributed by atoms with Crippen molar-refractivity contribution in [1.82, 2.24) is 0 Å². The first-order chi connectivity index (χ1) is 8.80. The Labute approximate surface area is 108 Å². The summed E-state index contributed by atoms with van der Waals surface area (Å²) in [6.45, 7) is 2.38. The smallest absolute Gasteiger partial charge is 0.310 e. The highest BCUT2D eigenvalue weighted by molar-refractivity contribution is 5.80. The predicted molar refractivity (Wildman–Crippen MR) is 70.2 cm³/mol. The van der Waals surface area contributed by atoms with E-state index in [0.717, 1.165) is 6.42 Å². The minimum absolute atomic E-state index is 0.0215. The lowest BCUT2D eigenvalue weighted by Crippen LogP contribution is -2.18. The van der Waals surface area contributed by atoms with Gasteiger partial charge in [0.1, 0.15) is 0 Å². The van der Waals surface area contributed by atoms with E-state index >= 15 is 0 Å². The summed E-state index contributed by atoms with van der Waals surface area (Å²) >= 11 is 0. The monoisotopic (exact) mass is 244 g/mol. The molecule has 2 fully saturated rings. The van der Waals surface area contributed by atoms with E-state index in [0.29, 0.717) is 12.5 Å². The van der Waals surface area contributed by atoms with Crippen molar-refractivity contribution in [2.45, 2.75) is 38.0 Å². The van der Waals surface area contributed by atoms with Crippen LogP contribution in [0.1, 0.15) is 38.2 Å². The largest absolute Gasteiger partial charge is 0.466 e. The number of rotatable bonds is 3. The molecule has 0 heterocycles. The van der Waals surface area contributed by atoms with Gasteiger partial charge in [0.15, 0.2) is 0 Å². The maximum Gasteiger partial charge on any atom is 0.310 e. The van der Waals surface area contributed by atoms with Gasteiger partial charge in [-0.2, -0.15) is 0 Å². The van der Waals surface area contributed by atoms with Gasteiger partial charge in [0.25, 0.3) is 0 Å². The molecule has 0 amide bonds. The fraction of sp³-hybridized carbons (Fsp3) is 0.562. The van der Waals surface area contributed by atoms with Gasteiger partial charge >= 0.3 is 5.97 Å². The van der Waals surface area contributed by atoms with Crippen LogP contribution < -0.4 is 0 Å². The number of benzene rings is 1. The lowest BCUT2D eigenvalue weighted by molar-refractivity contribution is -0.145. The minimum atomic E-state index is 0.0215. The molecule has 1 aromatic carbocycles. The minimum Gasteiger partial charge on any atom is -0.466 e. The molecule has 0 saturated heterocycles. The molecule has 3 rings (SSSR count). The van der Waals surface area contributed by atoms with Crippen LogP contribution in [0.2, 0.25) is 0 Å². The lowest BCUT2D eigenvalue weighted by atomic mass is 9.82. The molecule has 3 unspecified atom stereocenters. The number of esters is 1. The highest BCUT2D eigenvalue weighted by atomic mass is 16.5. The average molecular weight is 244 g/mol. The van der Waals surface area contributed by atoms with Crippen LogP contribution in [0.25, 0.3) is 0 Å². The number of carbonyl (C=O) groups is 1. The Balaban J connectivity index is 1.91. The first-order valence-electron chi connectivity index (χ1n) is 7.03. The van der Waals surface area contributed by atoms with Gasteiger partial charge in [0.2, 0.25) is 0 Å². The van der Waals surface area contributed by atoms with Gasteiger partial charge in [-0.25, -0.2) is 0 Å². The fourth-order valence-electron chi connectivity index (χ4n) is 3.96. The molecule has 2 aliphatic carbocycles. The summed E-state index contributed by atoms with van der Waals surface area (Å²) in [6.07, 6.45) is 4.82. The molecule has 0 aromatic heterocycles. The summed E-state index contributed by atoms with van der Waals surface area (Å²) in [5.74, 6) is 0.656. The van der Waals surface area contributed by atoms with Gasteiger partial charge in [-0.1, -0.05) is 43.2 Å². The first-order valence-corrected chi connectivity index (χ1v) is 7.03. The van der Waals surface area contributed by atoms with Crippen molar-refractivity contribution in [3.63, 3.8) is 0 Å². The molecule has 0 radical (unpaired) electrons. The molecule has 0 bridgehead atoms. The highest BCUT2D eigenvalue weighted by Crippen LogP contribution is 2.67. The van der Waals surface area contributed by atoms with Crippen molar-refractivity contribution >= 4 is 5.97 Å². The normalized spacial score (nSPS) is 33.6. The van der Waals surface area contributed by atoms with Crippen molar-refractivity contribution in [1.29, 1.82) is 0 Å². The van der Waals surface area contributed by atoms with Crippen LogP contribution in [0.4, 0.5) is 0 Å². The lowest BCUT2D eigenvalue weighted by Gasteiger charge is -2.22. The summed E-state index contributed by atoms with van der Waals surface area (Å²) in [7, 11) is 0.